The van der Waals surface area contributed by atoms with Crippen LogP contribution in [-0.2, 0) is 13.3 Å². The first-order valence-electron chi connectivity index (χ1n) is 4.75. The van der Waals surface area contributed by atoms with Crippen LogP contribution in [0.25, 0.3) is 0 Å². The van der Waals surface area contributed by atoms with Gasteiger partial charge in [-0.3, -0.25) is 10.1 Å². The van der Waals surface area contributed by atoms with Gasteiger partial charge in [-0.25, -0.2) is 0 Å². The second-order valence-corrected chi connectivity index (χ2v) is 5.68. The molecule has 0 amide bonds. The summed E-state index contributed by atoms with van der Waals surface area (Å²) >= 11 is 0. The fourth-order valence-electron chi connectivity index (χ4n) is 1.25. The molecule has 0 aromatic heterocycles. The lowest BCUT2D eigenvalue weighted by molar-refractivity contribution is -0.384. The van der Waals surface area contributed by atoms with E-state index in [2.05, 4.69) is 4.98 Å². The summed E-state index contributed by atoms with van der Waals surface area (Å²) in [4.78, 5) is 13.0. The lowest BCUT2D eigenvalue weighted by Gasteiger charge is -2.24. The number of benzene rings is 1. The summed E-state index contributed by atoms with van der Waals surface area (Å²) in [5.74, 6) is 0. The first-order valence-corrected chi connectivity index (χ1v) is 6.47. The molecule has 0 radical (unpaired) electrons. The molecular weight excluding hydrogens is 244 g/mol. The average Bonchev–Trinajstić information content (AvgIpc) is 2.37. The van der Waals surface area contributed by atoms with Crippen molar-refractivity contribution in [1.82, 2.24) is 0 Å². The molecule has 1 aromatic rings. The molecule has 0 spiro atoms. The van der Waals surface area contributed by atoms with Crippen molar-refractivity contribution >= 4 is 20.3 Å². The highest BCUT2D eigenvalue weighted by Crippen LogP contribution is 2.18. The highest BCUT2D eigenvalue weighted by molar-refractivity contribution is 6.64. The largest absolute Gasteiger partial charge is 0.630 e. The van der Waals surface area contributed by atoms with Gasteiger partial charge in [0.15, 0.2) is 0 Å². The van der Waals surface area contributed by atoms with Crippen LogP contribution in [0.5, 0.6) is 0 Å². The number of hydrogen-bond donors (Lipinski definition) is 1. The van der Waals surface area contributed by atoms with Crippen molar-refractivity contribution in [3.05, 3.63) is 34.4 Å². The van der Waals surface area contributed by atoms with E-state index < -0.39 is 13.9 Å². The van der Waals surface area contributed by atoms with Crippen LogP contribution in [-0.4, -0.2) is 35.2 Å². The van der Waals surface area contributed by atoms with Gasteiger partial charge in [0.1, 0.15) is 0 Å². The van der Waals surface area contributed by atoms with Crippen molar-refractivity contribution in [2.75, 3.05) is 26.3 Å². The fraction of sp³-hybridized carbons (Fsp3) is 0.333. The number of non-ortho nitro benzene ring substituents is 1. The van der Waals surface area contributed by atoms with E-state index in [-0.39, 0.29) is 5.69 Å². The molecule has 8 heteroatoms. The van der Waals surface area contributed by atoms with E-state index in [0.717, 1.165) is 0 Å². The molecule has 0 heterocycles. The molecule has 1 N–H and O–H groups in total. The standard InChI is InChI=1S/C9H14N2O5Si/c1-14-17(15-2,16-3)10-8-4-6-9(7-5-8)11(12)13/h4-7,10H,1-3H3. The Labute approximate surface area is 99.9 Å². The van der Waals surface area contributed by atoms with E-state index in [1.54, 1.807) is 12.1 Å². The summed E-state index contributed by atoms with van der Waals surface area (Å²) in [6.07, 6.45) is 0. The first-order chi connectivity index (χ1) is 8.06. The van der Waals surface area contributed by atoms with Crippen molar-refractivity contribution in [2.24, 2.45) is 0 Å². The van der Waals surface area contributed by atoms with Crippen LogP contribution in [0.1, 0.15) is 0 Å². The maximum absolute atomic E-state index is 10.5. The molecule has 1 rings (SSSR count). The van der Waals surface area contributed by atoms with Crippen LogP contribution in [0.4, 0.5) is 11.4 Å². The van der Waals surface area contributed by atoms with E-state index in [9.17, 15) is 10.1 Å². The number of hydrogen-bond acceptors (Lipinski definition) is 6. The third kappa shape index (κ3) is 3.23. The first kappa shape index (κ1) is 13.6. The van der Waals surface area contributed by atoms with Crippen molar-refractivity contribution in [3.63, 3.8) is 0 Å². The Bertz CT molecular complexity index is 371. The van der Waals surface area contributed by atoms with Crippen molar-refractivity contribution in [1.29, 1.82) is 0 Å². The molecule has 0 aliphatic rings. The molecule has 0 aliphatic carbocycles. The monoisotopic (exact) mass is 258 g/mol. The fourth-order valence-corrected chi connectivity index (χ4v) is 2.57. The zero-order chi connectivity index (χ0) is 12.9. The molecule has 0 unspecified atom stereocenters. The SMILES string of the molecule is CO[Si](Nc1ccc([N+](=O)[O-])cc1)(OC)OC. The molecule has 0 saturated carbocycles. The third-order valence-corrected chi connectivity index (χ3v) is 4.39. The number of nitrogens with one attached hydrogen (secondary N) is 1. The molecule has 0 aliphatic heterocycles. The molecular formula is C9H14N2O5Si. The minimum Gasteiger partial charge on any atom is -0.360 e. The minimum atomic E-state index is -2.92. The van der Waals surface area contributed by atoms with E-state index >= 15 is 0 Å². The van der Waals surface area contributed by atoms with Gasteiger partial charge in [-0.1, -0.05) is 0 Å². The third-order valence-electron chi connectivity index (χ3n) is 2.18. The second-order valence-electron chi connectivity index (χ2n) is 3.10. The number of nitro benzene ring substituents is 1. The highest BCUT2D eigenvalue weighted by Gasteiger charge is 2.39. The van der Waals surface area contributed by atoms with Crippen LogP contribution in [0, 0.1) is 10.1 Å². The molecule has 7 nitrogen and oxygen atoms in total. The molecule has 0 bridgehead atoms. The molecule has 94 valence electrons. The predicted molar refractivity (Wildman–Crippen MR) is 63.5 cm³/mol. The molecule has 17 heavy (non-hydrogen) atoms. The van der Waals surface area contributed by atoms with Gasteiger partial charge >= 0.3 is 8.97 Å². The zero-order valence-electron chi connectivity index (χ0n) is 9.80. The van der Waals surface area contributed by atoms with Gasteiger partial charge in [0.25, 0.3) is 5.69 Å². The average molecular weight is 258 g/mol. The van der Waals surface area contributed by atoms with Crippen LogP contribution in [0.3, 0.4) is 0 Å². The summed E-state index contributed by atoms with van der Waals surface area (Å²) in [5.41, 5.74) is 0.655. The minimum absolute atomic E-state index is 0.0232. The predicted octanol–water partition coefficient (Wildman–Crippen LogP) is 1.38. The summed E-state index contributed by atoms with van der Waals surface area (Å²) in [5, 5.41) is 10.5. The summed E-state index contributed by atoms with van der Waals surface area (Å²) in [6.45, 7) is 0. The highest BCUT2D eigenvalue weighted by atomic mass is 28.4. The Morgan fingerprint density at radius 2 is 1.59 bits per heavy atom. The molecule has 1 aromatic carbocycles. The maximum atomic E-state index is 10.5. The Morgan fingerprint density at radius 1 is 1.12 bits per heavy atom. The van der Waals surface area contributed by atoms with Gasteiger partial charge in [0, 0.05) is 39.1 Å². The number of nitro groups is 1. The van der Waals surface area contributed by atoms with Crippen LogP contribution in [0.2, 0.25) is 0 Å². The van der Waals surface area contributed by atoms with Crippen molar-refractivity contribution in [3.8, 4) is 0 Å². The Kier molecular flexibility index (Phi) is 4.58. The van der Waals surface area contributed by atoms with E-state index in [0.29, 0.717) is 5.69 Å². The lowest BCUT2D eigenvalue weighted by atomic mass is 10.3. The maximum Gasteiger partial charge on any atom is 0.630 e. The number of nitrogens with zero attached hydrogens (tertiary/aromatic N) is 1. The van der Waals surface area contributed by atoms with Gasteiger partial charge in [0.2, 0.25) is 0 Å². The molecule has 0 saturated heterocycles. The van der Waals surface area contributed by atoms with Crippen molar-refractivity contribution in [2.45, 2.75) is 0 Å². The lowest BCUT2D eigenvalue weighted by Crippen LogP contribution is -2.51. The molecule has 0 atom stereocenters. The van der Waals surface area contributed by atoms with Gasteiger partial charge in [-0.2, -0.15) is 0 Å². The zero-order valence-corrected chi connectivity index (χ0v) is 10.8. The van der Waals surface area contributed by atoms with E-state index in [1.807, 2.05) is 0 Å². The van der Waals surface area contributed by atoms with Gasteiger partial charge in [0.05, 0.1) is 4.92 Å². The van der Waals surface area contributed by atoms with Gasteiger partial charge in [-0.05, 0) is 12.1 Å². The normalized spacial score (nSPS) is 11.2. The number of rotatable bonds is 6. The van der Waals surface area contributed by atoms with Crippen LogP contribution < -0.4 is 4.98 Å². The van der Waals surface area contributed by atoms with Crippen LogP contribution >= 0.6 is 0 Å². The number of anilines is 1. The Hall–Kier alpha value is -1.48. The summed E-state index contributed by atoms with van der Waals surface area (Å²) in [6, 6.07) is 5.92. The van der Waals surface area contributed by atoms with Gasteiger partial charge in [-0.15, -0.1) is 0 Å². The Balaban J connectivity index is 2.84. The van der Waals surface area contributed by atoms with Crippen molar-refractivity contribution < 1.29 is 18.2 Å². The summed E-state index contributed by atoms with van der Waals surface area (Å²) in [7, 11) is 1.49. The Morgan fingerprint density at radius 3 is 1.94 bits per heavy atom. The smallest absolute Gasteiger partial charge is 0.360 e. The quantitative estimate of drug-likeness (QED) is 0.471. The van der Waals surface area contributed by atoms with Crippen LogP contribution in [0.15, 0.2) is 24.3 Å². The summed E-state index contributed by atoms with van der Waals surface area (Å²) < 4.78 is 15.5. The second kappa shape index (κ2) is 5.73. The van der Waals surface area contributed by atoms with Gasteiger partial charge < -0.3 is 18.3 Å². The van der Waals surface area contributed by atoms with E-state index in [1.165, 1.54) is 33.5 Å². The topological polar surface area (TPSA) is 82.9 Å². The molecule has 0 fully saturated rings. The van der Waals surface area contributed by atoms with E-state index in [4.69, 9.17) is 13.3 Å².